The molecule has 8 nitrogen and oxygen atoms in total. The van der Waals surface area contributed by atoms with Gasteiger partial charge in [-0.15, -0.1) is 5.10 Å². The molecule has 4 rings (SSSR count). The Morgan fingerprint density at radius 1 is 1.20 bits per heavy atom. The largest absolute Gasteiger partial charge is 0.497 e. The molecule has 0 radical (unpaired) electrons. The summed E-state index contributed by atoms with van der Waals surface area (Å²) >= 11 is 7.21. The van der Waals surface area contributed by atoms with E-state index in [1.54, 1.807) is 36.1 Å². The van der Waals surface area contributed by atoms with E-state index in [4.69, 9.17) is 16.3 Å². The van der Waals surface area contributed by atoms with Crippen LogP contribution in [0.4, 0.5) is 5.13 Å². The summed E-state index contributed by atoms with van der Waals surface area (Å²) in [5.41, 5.74) is 3.61. The predicted octanol–water partition coefficient (Wildman–Crippen LogP) is 4.32. The van der Waals surface area contributed by atoms with E-state index >= 15 is 0 Å². The Morgan fingerprint density at radius 3 is 2.83 bits per heavy atom. The van der Waals surface area contributed by atoms with Crippen LogP contribution < -0.4 is 10.1 Å². The normalized spacial score (nSPS) is 10.8. The van der Waals surface area contributed by atoms with Crippen molar-refractivity contribution in [2.75, 3.05) is 12.4 Å². The number of methoxy groups -OCH3 is 1. The number of anilines is 1. The Balaban J connectivity index is 1.58. The van der Waals surface area contributed by atoms with Crippen LogP contribution in [0.15, 0.2) is 42.5 Å². The molecule has 0 spiro atoms. The first-order valence-electron chi connectivity index (χ1n) is 8.94. The lowest BCUT2D eigenvalue weighted by Gasteiger charge is -2.07. The summed E-state index contributed by atoms with van der Waals surface area (Å²) in [7, 11) is 1.55. The second-order valence-corrected chi connectivity index (χ2v) is 7.66. The maximum Gasteiger partial charge on any atom is 0.257 e. The lowest BCUT2D eigenvalue weighted by atomic mass is 10.2. The second kappa shape index (κ2) is 8.21. The van der Waals surface area contributed by atoms with Crippen LogP contribution in [0.3, 0.4) is 0 Å². The first-order valence-corrected chi connectivity index (χ1v) is 10.1. The van der Waals surface area contributed by atoms with E-state index in [1.807, 2.05) is 32.0 Å². The summed E-state index contributed by atoms with van der Waals surface area (Å²) in [5.74, 6) is 0.694. The zero-order chi connectivity index (χ0) is 21.3. The van der Waals surface area contributed by atoms with Gasteiger partial charge in [0.25, 0.3) is 5.91 Å². The zero-order valence-electron chi connectivity index (χ0n) is 16.4. The molecule has 10 heteroatoms. The second-order valence-electron chi connectivity index (χ2n) is 6.48. The fourth-order valence-electron chi connectivity index (χ4n) is 2.88. The van der Waals surface area contributed by atoms with Crippen LogP contribution in [0.5, 0.6) is 5.75 Å². The number of nitrogens with zero attached hydrogens (tertiary/aromatic N) is 5. The summed E-state index contributed by atoms with van der Waals surface area (Å²) in [6.07, 6.45) is 0. The maximum absolute atomic E-state index is 12.5. The maximum atomic E-state index is 12.5. The molecule has 0 bridgehead atoms. The smallest absolute Gasteiger partial charge is 0.257 e. The Kier molecular flexibility index (Phi) is 5.47. The molecule has 4 aromatic rings. The van der Waals surface area contributed by atoms with Crippen molar-refractivity contribution in [2.24, 2.45) is 0 Å². The highest BCUT2D eigenvalue weighted by atomic mass is 35.5. The van der Waals surface area contributed by atoms with E-state index in [-0.39, 0.29) is 5.91 Å². The lowest BCUT2D eigenvalue weighted by molar-refractivity contribution is 0.102. The van der Waals surface area contributed by atoms with E-state index in [2.05, 4.69) is 25.0 Å². The number of aromatic nitrogens is 5. The van der Waals surface area contributed by atoms with Crippen LogP contribution >= 0.6 is 23.1 Å². The number of ether oxygens (including phenoxy) is 1. The molecule has 0 atom stereocenters. The number of halogens is 1. The van der Waals surface area contributed by atoms with Gasteiger partial charge < -0.3 is 4.74 Å². The van der Waals surface area contributed by atoms with E-state index in [1.165, 1.54) is 0 Å². The summed E-state index contributed by atoms with van der Waals surface area (Å²) in [6, 6.07) is 12.4. The molecule has 2 aromatic heterocycles. The molecule has 2 heterocycles. The van der Waals surface area contributed by atoms with Crippen LogP contribution in [-0.4, -0.2) is 37.4 Å². The minimum atomic E-state index is -0.300. The summed E-state index contributed by atoms with van der Waals surface area (Å²) in [5, 5.41) is 12.2. The molecule has 30 heavy (non-hydrogen) atoms. The monoisotopic (exact) mass is 440 g/mol. The molecular formula is C20H17ClN6O2S. The quantitative estimate of drug-likeness (QED) is 0.496. The number of rotatable bonds is 5. The number of aryl methyl sites for hydroxylation is 1. The Labute approximate surface area is 181 Å². The highest BCUT2D eigenvalue weighted by molar-refractivity contribution is 7.10. The molecule has 0 aliphatic carbocycles. The Bertz CT molecular complexity index is 1240. The molecule has 0 aliphatic heterocycles. The Morgan fingerprint density at radius 2 is 2.03 bits per heavy atom. The third-order valence-corrected chi connectivity index (χ3v) is 5.35. The van der Waals surface area contributed by atoms with E-state index in [0.29, 0.717) is 33.0 Å². The van der Waals surface area contributed by atoms with Gasteiger partial charge in [0.1, 0.15) is 5.75 Å². The molecular weight excluding hydrogens is 424 g/mol. The number of hydrogen-bond acceptors (Lipinski definition) is 7. The van der Waals surface area contributed by atoms with Crippen LogP contribution in [0.25, 0.3) is 17.2 Å². The Hall–Kier alpha value is -3.30. The molecule has 0 aliphatic rings. The number of benzene rings is 2. The number of carbonyl (C=O) groups is 1. The third kappa shape index (κ3) is 3.89. The van der Waals surface area contributed by atoms with Gasteiger partial charge in [0.2, 0.25) is 5.13 Å². The van der Waals surface area contributed by atoms with Crippen molar-refractivity contribution in [1.82, 2.24) is 24.4 Å². The molecule has 0 saturated heterocycles. The number of hydrogen-bond donors (Lipinski definition) is 1. The molecule has 152 valence electrons. The van der Waals surface area contributed by atoms with Gasteiger partial charge >= 0.3 is 0 Å². The summed E-state index contributed by atoms with van der Waals surface area (Å²) in [6.45, 7) is 3.85. The number of amides is 1. The minimum absolute atomic E-state index is 0.300. The van der Waals surface area contributed by atoms with Gasteiger partial charge in [-0.05, 0) is 49.7 Å². The first kappa shape index (κ1) is 20.0. The van der Waals surface area contributed by atoms with Gasteiger partial charge in [0.15, 0.2) is 11.5 Å². The fourth-order valence-corrected chi connectivity index (χ4v) is 3.61. The molecule has 0 unspecified atom stereocenters. The van der Waals surface area contributed by atoms with Crippen molar-refractivity contribution in [3.63, 3.8) is 0 Å². The first-order chi connectivity index (χ1) is 14.5. The zero-order valence-corrected chi connectivity index (χ0v) is 18.0. The predicted molar refractivity (Wildman–Crippen MR) is 116 cm³/mol. The van der Waals surface area contributed by atoms with Gasteiger partial charge in [-0.25, -0.2) is 4.68 Å². The molecule has 0 fully saturated rings. The topological polar surface area (TPSA) is 94.8 Å². The highest BCUT2D eigenvalue weighted by Crippen LogP contribution is 2.26. The van der Waals surface area contributed by atoms with Crippen LogP contribution in [-0.2, 0) is 0 Å². The average Bonchev–Trinajstić information content (AvgIpc) is 3.36. The SMILES string of the molecule is COc1cccc(C(=O)Nc2nc(-c3nnn(-c4cc(Cl)ccc4C)c3C)ns2)c1. The standard InChI is InChI=1S/C20H17ClN6O2S/c1-11-7-8-14(21)10-16(11)27-12(2)17(24-26-27)18-22-20(30-25-18)23-19(28)13-5-4-6-15(9-13)29-3/h4-10H,1-3H3,(H,22,23,25,28). The van der Waals surface area contributed by atoms with Crippen molar-refractivity contribution in [3.8, 4) is 23.0 Å². The van der Waals surface area contributed by atoms with E-state index < -0.39 is 0 Å². The van der Waals surface area contributed by atoms with Crippen molar-refractivity contribution in [3.05, 3.63) is 64.3 Å². The molecule has 2 aromatic carbocycles. The molecule has 1 amide bonds. The minimum Gasteiger partial charge on any atom is -0.497 e. The summed E-state index contributed by atoms with van der Waals surface area (Å²) in [4.78, 5) is 16.9. The van der Waals surface area contributed by atoms with Crippen molar-refractivity contribution >= 4 is 34.2 Å². The van der Waals surface area contributed by atoms with Crippen LogP contribution in [0.2, 0.25) is 5.02 Å². The van der Waals surface area contributed by atoms with Crippen molar-refractivity contribution in [2.45, 2.75) is 13.8 Å². The van der Waals surface area contributed by atoms with Gasteiger partial charge in [0, 0.05) is 22.1 Å². The number of carbonyl (C=O) groups excluding carboxylic acids is 1. The average molecular weight is 441 g/mol. The molecule has 0 saturated carbocycles. The van der Waals surface area contributed by atoms with Crippen molar-refractivity contribution < 1.29 is 9.53 Å². The van der Waals surface area contributed by atoms with Crippen LogP contribution in [0.1, 0.15) is 21.6 Å². The van der Waals surface area contributed by atoms with Gasteiger partial charge in [-0.1, -0.05) is 28.9 Å². The molecule has 1 N–H and O–H groups in total. The fraction of sp³-hybridized carbons (Fsp3) is 0.150. The van der Waals surface area contributed by atoms with Crippen molar-refractivity contribution in [1.29, 1.82) is 0 Å². The number of nitrogens with one attached hydrogen (secondary N) is 1. The lowest BCUT2D eigenvalue weighted by Crippen LogP contribution is -2.11. The van der Waals surface area contributed by atoms with Crippen LogP contribution in [0, 0.1) is 13.8 Å². The third-order valence-electron chi connectivity index (χ3n) is 4.48. The highest BCUT2D eigenvalue weighted by Gasteiger charge is 2.19. The van der Waals surface area contributed by atoms with Gasteiger partial charge in [-0.3, -0.25) is 10.1 Å². The summed E-state index contributed by atoms with van der Waals surface area (Å²) < 4.78 is 11.2. The van der Waals surface area contributed by atoms with Gasteiger partial charge in [-0.2, -0.15) is 9.36 Å². The van der Waals surface area contributed by atoms with E-state index in [9.17, 15) is 4.79 Å². The van der Waals surface area contributed by atoms with Gasteiger partial charge in [0.05, 0.1) is 18.5 Å². The van der Waals surface area contributed by atoms with E-state index in [0.717, 1.165) is 28.5 Å².